The van der Waals surface area contributed by atoms with Crippen LogP contribution in [0.4, 0.5) is 11.6 Å². The highest BCUT2D eigenvalue weighted by Crippen LogP contribution is 2.43. The summed E-state index contributed by atoms with van der Waals surface area (Å²) in [6.45, 7) is 0. The summed E-state index contributed by atoms with van der Waals surface area (Å²) < 4.78 is 33.7. The molecule has 1 aliphatic heterocycles. The number of sulfonamides is 1. The van der Waals surface area contributed by atoms with Gasteiger partial charge >= 0.3 is 0 Å². The molecule has 1 aliphatic rings. The Morgan fingerprint density at radius 3 is 2.00 bits per heavy atom. The van der Waals surface area contributed by atoms with Gasteiger partial charge in [-0.25, -0.2) is 17.7 Å². The Hall–Kier alpha value is -5.66. The summed E-state index contributed by atoms with van der Waals surface area (Å²) in [5, 5.41) is 2.34. The van der Waals surface area contributed by atoms with E-state index in [-0.39, 0.29) is 4.90 Å². The van der Waals surface area contributed by atoms with E-state index in [4.69, 9.17) is 4.98 Å². The number of hydrogen-bond acceptors (Lipinski definition) is 3. The van der Waals surface area contributed by atoms with Gasteiger partial charge in [0, 0.05) is 16.5 Å². The molecule has 6 aromatic carbocycles. The second-order valence-electron chi connectivity index (χ2n) is 10.9. The Morgan fingerprint density at radius 2 is 1.16 bits per heavy atom. The minimum Gasteiger partial charge on any atom is -0.309 e. The van der Waals surface area contributed by atoms with Crippen LogP contribution in [0.2, 0.25) is 0 Å². The van der Waals surface area contributed by atoms with Gasteiger partial charge in [0.2, 0.25) is 5.95 Å². The van der Waals surface area contributed by atoms with E-state index >= 15 is 0 Å². The maximum absolute atomic E-state index is 14.1. The molecule has 0 amide bonds. The molecule has 0 saturated heterocycles. The monoisotopic (exact) mass is 588 g/mol. The van der Waals surface area contributed by atoms with Crippen molar-refractivity contribution < 1.29 is 8.42 Å². The third-order valence-corrected chi connectivity index (χ3v) is 10.2. The number of hydrogen-bond donors (Lipinski definition) is 0. The first-order chi connectivity index (χ1) is 21.6. The number of rotatable bonds is 3. The molecule has 2 aromatic heterocycles. The highest BCUT2D eigenvalue weighted by atomic mass is 32.2. The molecule has 0 radical (unpaired) electrons. The zero-order chi connectivity index (χ0) is 29.4. The predicted octanol–water partition coefficient (Wildman–Crippen LogP) is 8.63. The third kappa shape index (κ3) is 3.47. The number of imidazole rings is 1. The van der Waals surface area contributed by atoms with Gasteiger partial charge in [0.25, 0.3) is 10.0 Å². The second-order valence-corrected chi connectivity index (χ2v) is 12.7. The molecule has 0 fully saturated rings. The average molecular weight is 589 g/mol. The fourth-order valence-electron chi connectivity index (χ4n) is 6.50. The summed E-state index contributed by atoms with van der Waals surface area (Å²) in [6, 6.07) is 47.9. The van der Waals surface area contributed by atoms with E-state index in [9.17, 15) is 8.42 Å². The van der Waals surface area contributed by atoms with Crippen LogP contribution in [0, 0.1) is 0 Å². The minimum atomic E-state index is -3.90. The van der Waals surface area contributed by atoms with E-state index < -0.39 is 10.0 Å². The molecule has 7 heteroatoms. The lowest BCUT2D eigenvalue weighted by Gasteiger charge is -2.30. The number of aromatic nitrogens is 3. The van der Waals surface area contributed by atoms with E-state index in [1.807, 2.05) is 71.3 Å². The molecular formula is C37H24N4O2S. The van der Waals surface area contributed by atoms with E-state index in [0.29, 0.717) is 17.3 Å². The van der Waals surface area contributed by atoms with Crippen LogP contribution in [0.5, 0.6) is 0 Å². The van der Waals surface area contributed by atoms with Gasteiger partial charge in [0.15, 0.2) is 0 Å². The van der Waals surface area contributed by atoms with E-state index in [2.05, 4.69) is 71.3 Å². The maximum Gasteiger partial charge on any atom is 0.273 e. The van der Waals surface area contributed by atoms with Gasteiger partial charge in [-0.3, -0.25) is 4.57 Å². The second kappa shape index (κ2) is 9.17. The molecule has 44 heavy (non-hydrogen) atoms. The maximum atomic E-state index is 14.1. The van der Waals surface area contributed by atoms with Gasteiger partial charge in [-0.15, -0.1) is 0 Å². The molecule has 0 unspecified atom stereocenters. The number of anilines is 2. The van der Waals surface area contributed by atoms with Crippen LogP contribution < -0.4 is 4.31 Å². The number of benzene rings is 6. The first-order valence-corrected chi connectivity index (χ1v) is 15.8. The Bertz CT molecular complexity index is 2510. The van der Waals surface area contributed by atoms with E-state index in [1.165, 1.54) is 9.69 Å². The number of fused-ring (bicyclic) bond motifs is 8. The molecule has 9 rings (SSSR count). The fourth-order valence-corrected chi connectivity index (χ4v) is 8.11. The first-order valence-electron chi connectivity index (χ1n) is 14.4. The van der Waals surface area contributed by atoms with Crippen molar-refractivity contribution in [3.8, 4) is 22.5 Å². The molecule has 0 spiro atoms. The minimum absolute atomic E-state index is 0.250. The lowest BCUT2D eigenvalue weighted by molar-refractivity contribution is 0.592. The molecule has 0 saturated carbocycles. The largest absolute Gasteiger partial charge is 0.309 e. The topological polar surface area (TPSA) is 60.1 Å². The normalized spacial score (nSPS) is 13.8. The van der Waals surface area contributed by atoms with Crippen LogP contribution >= 0.6 is 0 Å². The van der Waals surface area contributed by atoms with Gasteiger partial charge < -0.3 is 4.57 Å². The molecule has 3 heterocycles. The molecule has 0 atom stereocenters. The number of para-hydroxylation sites is 5. The Kier molecular flexibility index (Phi) is 5.19. The van der Waals surface area contributed by atoms with E-state index in [1.54, 1.807) is 12.1 Å². The Morgan fingerprint density at radius 1 is 0.500 bits per heavy atom. The van der Waals surface area contributed by atoms with Crippen molar-refractivity contribution in [1.29, 1.82) is 0 Å². The van der Waals surface area contributed by atoms with Crippen LogP contribution in [0.15, 0.2) is 150 Å². The number of nitrogens with zero attached hydrogens (tertiary/aromatic N) is 4. The van der Waals surface area contributed by atoms with Crippen molar-refractivity contribution in [2.24, 2.45) is 0 Å². The van der Waals surface area contributed by atoms with Crippen LogP contribution in [-0.4, -0.2) is 22.5 Å². The average Bonchev–Trinajstić information content (AvgIpc) is 3.61. The van der Waals surface area contributed by atoms with Crippen molar-refractivity contribution in [3.63, 3.8) is 0 Å². The SMILES string of the molecule is O=S1(=O)c2ccccc2-n2c(nc3ccccc32)N1c1ccc(-c2ccc3c(c2)c2ccccc2n3-c2ccccc2)cc1. The molecule has 8 aromatic rings. The third-order valence-electron chi connectivity index (χ3n) is 8.47. The summed E-state index contributed by atoms with van der Waals surface area (Å²) in [7, 11) is -3.90. The van der Waals surface area contributed by atoms with Crippen LogP contribution in [0.3, 0.4) is 0 Å². The zero-order valence-electron chi connectivity index (χ0n) is 23.4. The molecular weight excluding hydrogens is 565 g/mol. The molecule has 0 aliphatic carbocycles. The smallest absolute Gasteiger partial charge is 0.273 e. The van der Waals surface area contributed by atoms with Gasteiger partial charge in [-0.05, 0) is 77.9 Å². The van der Waals surface area contributed by atoms with Crippen molar-refractivity contribution in [2.75, 3.05) is 4.31 Å². The summed E-state index contributed by atoms with van der Waals surface area (Å²) in [5.74, 6) is 0.354. The molecule has 210 valence electrons. The van der Waals surface area contributed by atoms with Crippen molar-refractivity contribution >= 4 is 54.5 Å². The lowest BCUT2D eigenvalue weighted by atomic mass is 10.0. The first kappa shape index (κ1) is 24.9. The summed E-state index contributed by atoms with van der Waals surface area (Å²) in [6.07, 6.45) is 0. The zero-order valence-corrected chi connectivity index (χ0v) is 24.2. The van der Waals surface area contributed by atoms with Gasteiger partial charge in [0.1, 0.15) is 4.90 Å². The Labute approximate surface area is 253 Å². The van der Waals surface area contributed by atoms with Gasteiger partial charge in [-0.1, -0.05) is 78.9 Å². The van der Waals surface area contributed by atoms with Gasteiger partial charge in [0.05, 0.1) is 33.4 Å². The summed E-state index contributed by atoms with van der Waals surface area (Å²) >= 11 is 0. The van der Waals surface area contributed by atoms with E-state index in [0.717, 1.165) is 44.3 Å². The van der Waals surface area contributed by atoms with Crippen LogP contribution in [-0.2, 0) is 10.0 Å². The Balaban J connectivity index is 1.18. The summed E-state index contributed by atoms with van der Waals surface area (Å²) in [5.41, 5.74) is 8.18. The van der Waals surface area contributed by atoms with Crippen LogP contribution in [0.25, 0.3) is 55.3 Å². The van der Waals surface area contributed by atoms with Crippen LogP contribution in [0.1, 0.15) is 0 Å². The van der Waals surface area contributed by atoms with Crippen molar-refractivity contribution in [2.45, 2.75) is 4.90 Å². The standard InChI is InChI=1S/C37H24N4O2S/c42-44(43)36-17-9-8-16-35(36)40-34-15-7-5-13-31(34)38-37(40)41(44)28-21-18-25(19-22-28)26-20-23-33-30(24-26)29-12-4-6-14-32(29)39(33)27-10-2-1-3-11-27/h1-24H. The highest BCUT2D eigenvalue weighted by Gasteiger charge is 2.38. The van der Waals surface area contributed by atoms with Crippen molar-refractivity contribution in [3.05, 3.63) is 146 Å². The molecule has 0 N–H and O–H groups in total. The predicted molar refractivity (Wildman–Crippen MR) is 177 cm³/mol. The van der Waals surface area contributed by atoms with Gasteiger partial charge in [-0.2, -0.15) is 0 Å². The van der Waals surface area contributed by atoms with Crippen molar-refractivity contribution in [1.82, 2.24) is 14.1 Å². The lowest BCUT2D eigenvalue weighted by Crippen LogP contribution is -2.33. The summed E-state index contributed by atoms with van der Waals surface area (Å²) in [4.78, 5) is 5.03. The highest BCUT2D eigenvalue weighted by molar-refractivity contribution is 7.93. The fraction of sp³-hybridized carbons (Fsp3) is 0. The quantitative estimate of drug-likeness (QED) is 0.208. The molecule has 6 nitrogen and oxygen atoms in total. The molecule has 0 bridgehead atoms.